The number of rotatable bonds is 7. The highest BCUT2D eigenvalue weighted by atomic mass is 35.5. The van der Waals surface area contributed by atoms with E-state index in [1.807, 2.05) is 26.0 Å². The molecule has 0 radical (unpaired) electrons. The van der Waals surface area contributed by atoms with Crippen molar-refractivity contribution < 1.29 is 4.74 Å². The van der Waals surface area contributed by atoms with Gasteiger partial charge in [0, 0.05) is 18.8 Å². The van der Waals surface area contributed by atoms with Crippen molar-refractivity contribution >= 4 is 29.3 Å². The number of nitrogen functional groups attached to an aromatic ring is 1. The van der Waals surface area contributed by atoms with E-state index < -0.39 is 0 Å². The first-order chi connectivity index (χ1) is 11.6. The quantitative estimate of drug-likeness (QED) is 0.652. The molecule has 2 N–H and O–H groups in total. The molecule has 1 aromatic carbocycles. The molecule has 0 atom stereocenters. The van der Waals surface area contributed by atoms with Gasteiger partial charge in [0.25, 0.3) is 0 Å². The standard InChI is InChI=1S/C19H24N4O.ClH/c1-14-13-17-18(19(20)21-14)22-15(2)23(17)10-12-24-11-6-9-16-7-4-3-5-8-16;/h3-5,7-8,13H,6,9-12H2,1-2H3,(H2,20,21);1H. The molecule has 0 aliphatic rings. The second-order valence-corrected chi connectivity index (χ2v) is 6.03. The fourth-order valence-electron chi connectivity index (χ4n) is 2.95. The summed E-state index contributed by atoms with van der Waals surface area (Å²) in [5.74, 6) is 1.44. The van der Waals surface area contributed by atoms with Crippen LogP contribution in [0.1, 0.15) is 23.5 Å². The topological polar surface area (TPSA) is 66.0 Å². The molecule has 0 saturated heterocycles. The minimum Gasteiger partial charge on any atom is -0.382 e. The number of nitrogens with two attached hydrogens (primary N) is 1. The fourth-order valence-corrected chi connectivity index (χ4v) is 2.95. The molecule has 6 heteroatoms. The first-order valence-electron chi connectivity index (χ1n) is 8.37. The lowest BCUT2D eigenvalue weighted by atomic mass is 10.1. The minimum absolute atomic E-state index is 0. The van der Waals surface area contributed by atoms with Crippen molar-refractivity contribution in [3.63, 3.8) is 0 Å². The van der Waals surface area contributed by atoms with Gasteiger partial charge in [0.05, 0.1) is 12.1 Å². The van der Waals surface area contributed by atoms with Crippen LogP contribution in [0.2, 0.25) is 0 Å². The Morgan fingerprint density at radius 2 is 1.84 bits per heavy atom. The molecule has 0 bridgehead atoms. The molecule has 0 aliphatic carbocycles. The van der Waals surface area contributed by atoms with Gasteiger partial charge in [-0.1, -0.05) is 30.3 Å². The third-order valence-corrected chi connectivity index (χ3v) is 4.14. The second-order valence-electron chi connectivity index (χ2n) is 6.03. The monoisotopic (exact) mass is 360 g/mol. The van der Waals surface area contributed by atoms with E-state index in [1.165, 1.54) is 5.56 Å². The number of aromatic nitrogens is 3. The van der Waals surface area contributed by atoms with Crippen LogP contribution in [0.3, 0.4) is 0 Å². The Hall–Kier alpha value is -2.11. The number of imidazole rings is 1. The third-order valence-electron chi connectivity index (χ3n) is 4.14. The van der Waals surface area contributed by atoms with E-state index in [9.17, 15) is 0 Å². The molecule has 0 amide bonds. The number of halogens is 1. The lowest BCUT2D eigenvalue weighted by Crippen LogP contribution is -2.09. The molecule has 0 unspecified atom stereocenters. The van der Waals surface area contributed by atoms with Crippen molar-refractivity contribution in [2.45, 2.75) is 33.2 Å². The number of fused-ring (bicyclic) bond motifs is 1. The second kappa shape index (κ2) is 8.83. The molecule has 2 aromatic heterocycles. The molecule has 5 nitrogen and oxygen atoms in total. The summed E-state index contributed by atoms with van der Waals surface area (Å²) in [5.41, 5.74) is 10.0. The van der Waals surface area contributed by atoms with Crippen LogP contribution in [0.25, 0.3) is 11.0 Å². The van der Waals surface area contributed by atoms with Crippen LogP contribution in [0, 0.1) is 13.8 Å². The van der Waals surface area contributed by atoms with Crippen LogP contribution in [0.5, 0.6) is 0 Å². The molecular weight excluding hydrogens is 336 g/mol. The summed E-state index contributed by atoms with van der Waals surface area (Å²) in [6.45, 7) is 6.15. The average Bonchev–Trinajstić information content (AvgIpc) is 2.88. The molecule has 134 valence electrons. The number of anilines is 1. The first-order valence-corrected chi connectivity index (χ1v) is 8.37. The highest BCUT2D eigenvalue weighted by Gasteiger charge is 2.11. The van der Waals surface area contributed by atoms with E-state index in [4.69, 9.17) is 10.5 Å². The molecule has 0 saturated carbocycles. The van der Waals surface area contributed by atoms with Gasteiger partial charge in [-0.3, -0.25) is 0 Å². The van der Waals surface area contributed by atoms with E-state index >= 15 is 0 Å². The van der Waals surface area contributed by atoms with Gasteiger partial charge in [-0.25, -0.2) is 9.97 Å². The van der Waals surface area contributed by atoms with E-state index in [-0.39, 0.29) is 12.4 Å². The Bertz CT molecular complexity index is 817. The van der Waals surface area contributed by atoms with Gasteiger partial charge in [0.1, 0.15) is 11.3 Å². The third kappa shape index (κ3) is 4.71. The van der Waals surface area contributed by atoms with E-state index in [0.717, 1.165) is 48.5 Å². The van der Waals surface area contributed by atoms with Crippen molar-refractivity contribution in [2.24, 2.45) is 0 Å². The largest absolute Gasteiger partial charge is 0.382 e. The van der Waals surface area contributed by atoms with E-state index in [0.29, 0.717) is 12.4 Å². The zero-order chi connectivity index (χ0) is 16.9. The number of benzene rings is 1. The van der Waals surface area contributed by atoms with Crippen LogP contribution in [0.4, 0.5) is 5.82 Å². The van der Waals surface area contributed by atoms with E-state index in [2.05, 4.69) is 38.8 Å². The summed E-state index contributed by atoms with van der Waals surface area (Å²) < 4.78 is 7.95. The smallest absolute Gasteiger partial charge is 0.151 e. The first kappa shape index (κ1) is 19.2. The summed E-state index contributed by atoms with van der Waals surface area (Å²) >= 11 is 0. The van der Waals surface area contributed by atoms with Crippen LogP contribution in [0.15, 0.2) is 36.4 Å². The lowest BCUT2D eigenvalue weighted by molar-refractivity contribution is 0.124. The Kier molecular flexibility index (Phi) is 6.79. The van der Waals surface area contributed by atoms with Gasteiger partial charge in [0.15, 0.2) is 5.82 Å². The van der Waals surface area contributed by atoms with E-state index in [1.54, 1.807) is 0 Å². The molecule has 2 heterocycles. The minimum atomic E-state index is 0. The summed E-state index contributed by atoms with van der Waals surface area (Å²) in [5, 5.41) is 0. The zero-order valence-corrected chi connectivity index (χ0v) is 15.6. The number of nitrogens with zero attached hydrogens (tertiary/aromatic N) is 3. The fraction of sp³-hybridized carbons (Fsp3) is 0.368. The summed E-state index contributed by atoms with van der Waals surface area (Å²) in [6, 6.07) is 12.5. The Balaban J connectivity index is 0.00000225. The summed E-state index contributed by atoms with van der Waals surface area (Å²) in [6.07, 6.45) is 2.08. The van der Waals surface area contributed by atoms with Gasteiger partial charge >= 0.3 is 0 Å². The predicted octanol–water partition coefficient (Wildman–Crippen LogP) is 3.70. The Morgan fingerprint density at radius 1 is 1.08 bits per heavy atom. The number of hydrogen-bond donors (Lipinski definition) is 1. The summed E-state index contributed by atoms with van der Waals surface area (Å²) in [4.78, 5) is 8.80. The molecule has 0 spiro atoms. The number of pyridine rings is 1. The molecule has 0 aliphatic heterocycles. The molecule has 0 fully saturated rings. The maximum atomic E-state index is 5.97. The number of aryl methyl sites for hydroxylation is 3. The van der Waals surface area contributed by atoms with Gasteiger partial charge < -0.3 is 15.0 Å². The van der Waals surface area contributed by atoms with Gasteiger partial charge in [-0.2, -0.15) is 0 Å². The lowest BCUT2D eigenvalue weighted by Gasteiger charge is -2.09. The van der Waals surface area contributed by atoms with Crippen molar-refractivity contribution in [3.05, 3.63) is 53.5 Å². The molecule has 3 aromatic rings. The maximum absolute atomic E-state index is 5.97. The van der Waals surface area contributed by atoms with Crippen molar-refractivity contribution in [1.82, 2.24) is 14.5 Å². The Labute approximate surface area is 154 Å². The Morgan fingerprint density at radius 3 is 2.60 bits per heavy atom. The van der Waals surface area contributed by atoms with Crippen LogP contribution >= 0.6 is 12.4 Å². The van der Waals surface area contributed by atoms with Gasteiger partial charge in [-0.05, 0) is 38.3 Å². The zero-order valence-electron chi connectivity index (χ0n) is 14.7. The normalized spacial score (nSPS) is 10.8. The van der Waals surface area contributed by atoms with Crippen molar-refractivity contribution in [1.29, 1.82) is 0 Å². The molecule has 25 heavy (non-hydrogen) atoms. The van der Waals surface area contributed by atoms with Crippen LogP contribution in [-0.2, 0) is 17.7 Å². The number of hydrogen-bond acceptors (Lipinski definition) is 4. The average molecular weight is 361 g/mol. The highest BCUT2D eigenvalue weighted by Crippen LogP contribution is 2.21. The maximum Gasteiger partial charge on any atom is 0.151 e. The van der Waals surface area contributed by atoms with Crippen molar-refractivity contribution in [2.75, 3.05) is 18.9 Å². The molecule has 3 rings (SSSR count). The van der Waals surface area contributed by atoms with Crippen LogP contribution < -0.4 is 5.73 Å². The highest BCUT2D eigenvalue weighted by molar-refractivity contribution is 5.86. The van der Waals surface area contributed by atoms with Crippen molar-refractivity contribution in [3.8, 4) is 0 Å². The summed E-state index contributed by atoms with van der Waals surface area (Å²) in [7, 11) is 0. The van der Waals surface area contributed by atoms with Gasteiger partial charge in [0.2, 0.25) is 0 Å². The van der Waals surface area contributed by atoms with Gasteiger partial charge in [-0.15, -0.1) is 12.4 Å². The molecular formula is C19H25ClN4O. The SMILES string of the molecule is Cc1cc2c(nc(C)n2CCOCCCc2ccccc2)c(N)n1.Cl. The predicted molar refractivity (Wildman–Crippen MR) is 104 cm³/mol. The number of ether oxygens (including phenoxy) is 1. The van der Waals surface area contributed by atoms with Crippen LogP contribution in [-0.4, -0.2) is 27.7 Å².